The Kier molecular flexibility index (Phi) is 11.9. The number of hydrogen-bond donors (Lipinski definition) is 2. The number of nitrogens with zero attached hydrogens (tertiary/aromatic N) is 1. The monoisotopic (exact) mass is 451 g/mol. The van der Waals surface area contributed by atoms with Gasteiger partial charge in [0.15, 0.2) is 5.96 Å². The predicted octanol–water partition coefficient (Wildman–Crippen LogP) is 2.44. The van der Waals surface area contributed by atoms with Gasteiger partial charge < -0.3 is 24.5 Å². The maximum atomic E-state index is 5.69. The van der Waals surface area contributed by atoms with E-state index in [0.717, 1.165) is 77.0 Å². The van der Waals surface area contributed by atoms with Crippen LogP contribution in [-0.2, 0) is 15.9 Å². The molecule has 0 radical (unpaired) electrons. The van der Waals surface area contributed by atoms with Gasteiger partial charge in [-0.25, -0.2) is 0 Å². The van der Waals surface area contributed by atoms with Crippen molar-refractivity contribution in [1.82, 2.24) is 10.6 Å². The summed E-state index contributed by atoms with van der Waals surface area (Å²) in [5.74, 6) is 2.42. The highest BCUT2D eigenvalue weighted by Gasteiger charge is 2.15. The van der Waals surface area contributed by atoms with E-state index in [2.05, 4.69) is 22.5 Å². The van der Waals surface area contributed by atoms with Crippen molar-refractivity contribution in [2.24, 2.45) is 10.9 Å². The molecule has 1 aliphatic heterocycles. The number of nitrogens with one attached hydrogen (secondary N) is 2. The third-order valence-corrected chi connectivity index (χ3v) is 3.68. The lowest BCUT2D eigenvalue weighted by molar-refractivity contribution is 0.0893. The van der Waals surface area contributed by atoms with Gasteiger partial charge >= 0.3 is 0 Å². The van der Waals surface area contributed by atoms with Gasteiger partial charge in [-0.2, -0.15) is 0 Å². The van der Waals surface area contributed by atoms with Crippen LogP contribution in [0.5, 0.6) is 0 Å². The number of furan rings is 1. The highest BCUT2D eigenvalue weighted by atomic mass is 127. The van der Waals surface area contributed by atoms with Crippen molar-refractivity contribution in [2.75, 3.05) is 46.1 Å². The number of rotatable bonds is 10. The van der Waals surface area contributed by atoms with Crippen LogP contribution >= 0.6 is 24.0 Å². The Morgan fingerprint density at radius 3 is 3.04 bits per heavy atom. The minimum Gasteiger partial charge on any atom is -0.469 e. The molecule has 24 heavy (non-hydrogen) atoms. The zero-order valence-electron chi connectivity index (χ0n) is 14.5. The summed E-state index contributed by atoms with van der Waals surface area (Å²) in [6.07, 6.45) is 4.61. The molecule has 0 spiro atoms. The second-order valence-electron chi connectivity index (χ2n) is 5.67. The number of halogens is 1. The largest absolute Gasteiger partial charge is 0.469 e. The highest BCUT2D eigenvalue weighted by molar-refractivity contribution is 14.0. The number of guanidine groups is 1. The van der Waals surface area contributed by atoms with Gasteiger partial charge in [0.05, 0.1) is 19.5 Å². The Bertz CT molecular complexity index is 434. The quantitative estimate of drug-likeness (QED) is 0.248. The van der Waals surface area contributed by atoms with Crippen molar-refractivity contribution >= 4 is 29.9 Å². The van der Waals surface area contributed by atoms with Crippen molar-refractivity contribution in [3.63, 3.8) is 0 Å². The van der Waals surface area contributed by atoms with Gasteiger partial charge in [0, 0.05) is 45.2 Å². The molecule has 7 heteroatoms. The molecular formula is C17H30IN3O3. The first-order chi connectivity index (χ1) is 11.4. The van der Waals surface area contributed by atoms with Gasteiger partial charge in [-0.15, -0.1) is 24.0 Å². The number of ether oxygens (including phenoxy) is 2. The fourth-order valence-corrected chi connectivity index (χ4v) is 2.42. The molecular weight excluding hydrogens is 421 g/mol. The number of hydrogen-bond acceptors (Lipinski definition) is 4. The van der Waals surface area contributed by atoms with Crippen molar-refractivity contribution in [1.29, 1.82) is 0 Å². The molecule has 2 rings (SSSR count). The maximum absolute atomic E-state index is 5.69. The predicted molar refractivity (Wildman–Crippen MR) is 106 cm³/mol. The molecule has 1 unspecified atom stereocenters. The van der Waals surface area contributed by atoms with E-state index in [1.54, 1.807) is 6.26 Å². The van der Waals surface area contributed by atoms with Gasteiger partial charge in [-0.3, -0.25) is 4.99 Å². The molecule has 1 aromatic heterocycles. The SMILES string of the molecule is CCNC(=NCCCOCC1CCOC1)NCCc1ccco1.I. The van der Waals surface area contributed by atoms with E-state index in [9.17, 15) is 0 Å². The van der Waals surface area contributed by atoms with Crippen LogP contribution in [0.25, 0.3) is 0 Å². The van der Waals surface area contributed by atoms with Gasteiger partial charge in [-0.1, -0.05) is 0 Å². The highest BCUT2D eigenvalue weighted by Crippen LogP contribution is 2.12. The minimum atomic E-state index is 0. The summed E-state index contributed by atoms with van der Waals surface area (Å²) in [6.45, 7) is 7.78. The van der Waals surface area contributed by atoms with Gasteiger partial charge in [0.25, 0.3) is 0 Å². The molecule has 0 bridgehead atoms. The Labute approximate surface area is 161 Å². The summed E-state index contributed by atoms with van der Waals surface area (Å²) in [7, 11) is 0. The van der Waals surface area contributed by atoms with E-state index in [4.69, 9.17) is 13.9 Å². The first-order valence-electron chi connectivity index (χ1n) is 8.58. The Morgan fingerprint density at radius 1 is 1.42 bits per heavy atom. The first kappa shape index (κ1) is 21.2. The lowest BCUT2D eigenvalue weighted by atomic mass is 10.1. The van der Waals surface area contributed by atoms with E-state index in [1.807, 2.05) is 12.1 Å². The second kappa shape index (κ2) is 13.5. The third kappa shape index (κ3) is 8.89. The van der Waals surface area contributed by atoms with Crippen LogP contribution in [0.3, 0.4) is 0 Å². The van der Waals surface area contributed by atoms with Crippen LogP contribution in [0.1, 0.15) is 25.5 Å². The lowest BCUT2D eigenvalue weighted by Crippen LogP contribution is -2.38. The topological polar surface area (TPSA) is 68.0 Å². The van der Waals surface area contributed by atoms with E-state index in [0.29, 0.717) is 5.92 Å². The van der Waals surface area contributed by atoms with Gasteiger partial charge in [0.1, 0.15) is 5.76 Å². The zero-order chi connectivity index (χ0) is 16.2. The molecule has 2 N–H and O–H groups in total. The van der Waals surface area contributed by atoms with Crippen LogP contribution < -0.4 is 10.6 Å². The average molecular weight is 451 g/mol. The summed E-state index contributed by atoms with van der Waals surface area (Å²) >= 11 is 0. The summed E-state index contributed by atoms with van der Waals surface area (Å²) in [5.41, 5.74) is 0. The molecule has 1 atom stereocenters. The molecule has 1 aromatic rings. The Balaban J connectivity index is 0.00000288. The van der Waals surface area contributed by atoms with E-state index in [-0.39, 0.29) is 24.0 Å². The van der Waals surface area contributed by atoms with Crippen LogP contribution in [0.4, 0.5) is 0 Å². The molecule has 1 fully saturated rings. The van der Waals surface area contributed by atoms with Crippen LogP contribution in [0, 0.1) is 5.92 Å². The summed E-state index contributed by atoms with van der Waals surface area (Å²) in [6, 6.07) is 3.89. The maximum Gasteiger partial charge on any atom is 0.191 e. The Hall–Kier alpha value is -0.800. The fraction of sp³-hybridized carbons (Fsp3) is 0.706. The summed E-state index contributed by atoms with van der Waals surface area (Å²) in [5, 5.41) is 6.57. The lowest BCUT2D eigenvalue weighted by Gasteiger charge is -2.11. The van der Waals surface area contributed by atoms with E-state index >= 15 is 0 Å². The normalized spacial score (nSPS) is 17.5. The van der Waals surface area contributed by atoms with Crippen molar-refractivity contribution in [2.45, 2.75) is 26.2 Å². The molecule has 0 amide bonds. The van der Waals surface area contributed by atoms with Crippen LogP contribution in [0.15, 0.2) is 27.8 Å². The molecule has 1 saturated heterocycles. The summed E-state index contributed by atoms with van der Waals surface area (Å²) in [4.78, 5) is 4.56. The molecule has 138 valence electrons. The first-order valence-corrected chi connectivity index (χ1v) is 8.58. The van der Waals surface area contributed by atoms with Crippen molar-refractivity contribution in [3.8, 4) is 0 Å². The minimum absolute atomic E-state index is 0. The fourth-order valence-electron chi connectivity index (χ4n) is 2.42. The van der Waals surface area contributed by atoms with Crippen molar-refractivity contribution < 1.29 is 13.9 Å². The molecule has 2 heterocycles. The molecule has 0 saturated carbocycles. The van der Waals surface area contributed by atoms with Crippen molar-refractivity contribution in [3.05, 3.63) is 24.2 Å². The molecule has 0 aliphatic carbocycles. The van der Waals surface area contributed by atoms with Gasteiger partial charge in [0.2, 0.25) is 0 Å². The molecule has 6 nitrogen and oxygen atoms in total. The van der Waals surface area contributed by atoms with E-state index < -0.39 is 0 Å². The molecule has 0 aromatic carbocycles. The second-order valence-corrected chi connectivity index (χ2v) is 5.67. The Morgan fingerprint density at radius 2 is 2.33 bits per heavy atom. The molecule has 1 aliphatic rings. The number of aliphatic imine (C=N–C) groups is 1. The third-order valence-electron chi connectivity index (χ3n) is 3.68. The summed E-state index contributed by atoms with van der Waals surface area (Å²) < 4.78 is 16.3. The standard InChI is InChI=1S/C17H29N3O3.HI/c1-2-18-17(20-9-6-16-5-3-11-23-16)19-8-4-10-21-13-15-7-12-22-14-15;/h3,5,11,15H,2,4,6-10,12-14H2,1H3,(H2,18,19,20);1H. The van der Waals surface area contributed by atoms with Crippen LogP contribution in [-0.4, -0.2) is 52.0 Å². The van der Waals surface area contributed by atoms with Gasteiger partial charge in [-0.05, 0) is 31.9 Å². The zero-order valence-corrected chi connectivity index (χ0v) is 16.8. The van der Waals surface area contributed by atoms with Crippen LogP contribution in [0.2, 0.25) is 0 Å². The van der Waals surface area contributed by atoms with E-state index in [1.165, 1.54) is 0 Å². The smallest absolute Gasteiger partial charge is 0.191 e. The average Bonchev–Trinajstić information content (AvgIpc) is 3.24.